The summed E-state index contributed by atoms with van der Waals surface area (Å²) in [6, 6.07) is 3.45. The van der Waals surface area contributed by atoms with Crippen LogP contribution in [0.3, 0.4) is 0 Å². The van der Waals surface area contributed by atoms with Gasteiger partial charge >= 0.3 is 6.18 Å². The maximum absolute atomic E-state index is 12.5. The Labute approximate surface area is 96.1 Å². The number of halogens is 4. The van der Waals surface area contributed by atoms with Crippen LogP contribution >= 0.6 is 11.6 Å². The van der Waals surface area contributed by atoms with Crippen LogP contribution in [0, 0.1) is 0 Å². The zero-order valence-electron chi connectivity index (χ0n) is 8.35. The molecule has 0 atom stereocenters. The van der Waals surface area contributed by atoms with Crippen LogP contribution in [0.15, 0.2) is 18.2 Å². The van der Waals surface area contributed by atoms with Crippen LogP contribution in [0.5, 0.6) is 5.75 Å². The van der Waals surface area contributed by atoms with Gasteiger partial charge in [-0.05, 0) is 31.2 Å². The summed E-state index contributed by atoms with van der Waals surface area (Å²) in [5, 5.41) is -0.335. The topological polar surface area (TPSA) is 35.2 Å². The van der Waals surface area contributed by atoms with Crippen LogP contribution in [-0.4, -0.2) is 13.2 Å². The molecule has 0 fully saturated rings. The van der Waals surface area contributed by atoms with Gasteiger partial charge in [0.2, 0.25) is 0 Å². The number of hydrogen-bond donors (Lipinski definition) is 1. The fourth-order valence-corrected chi connectivity index (χ4v) is 1.31. The summed E-state index contributed by atoms with van der Waals surface area (Å²) in [7, 11) is 0. The summed E-state index contributed by atoms with van der Waals surface area (Å²) >= 11 is 5.45. The van der Waals surface area contributed by atoms with Crippen LogP contribution in [0.1, 0.15) is 12.0 Å². The summed E-state index contributed by atoms with van der Waals surface area (Å²) in [5.41, 5.74) is 4.35. The second kappa shape index (κ2) is 5.41. The molecule has 2 nitrogen and oxygen atoms in total. The van der Waals surface area contributed by atoms with Crippen molar-refractivity contribution < 1.29 is 17.9 Å². The number of benzene rings is 1. The molecular weight excluding hydrogens is 243 g/mol. The summed E-state index contributed by atoms with van der Waals surface area (Å²) in [4.78, 5) is 0. The normalized spacial score (nSPS) is 11.6. The fraction of sp³-hybridized carbons (Fsp3) is 0.400. The van der Waals surface area contributed by atoms with Gasteiger partial charge in [0.25, 0.3) is 0 Å². The molecule has 0 aromatic heterocycles. The summed E-state index contributed by atoms with van der Waals surface area (Å²) in [5.74, 6) is 0.144. The Morgan fingerprint density at radius 3 is 2.56 bits per heavy atom. The maximum atomic E-state index is 12.5. The molecule has 0 aliphatic rings. The summed E-state index contributed by atoms with van der Waals surface area (Å²) < 4.78 is 42.5. The first-order valence-electron chi connectivity index (χ1n) is 4.65. The van der Waals surface area contributed by atoms with Crippen molar-refractivity contribution in [1.82, 2.24) is 0 Å². The lowest BCUT2D eigenvalue weighted by atomic mass is 10.2. The van der Waals surface area contributed by atoms with E-state index in [1.807, 2.05) is 0 Å². The highest BCUT2D eigenvalue weighted by Crippen LogP contribution is 2.36. The molecule has 0 unspecified atom stereocenters. The number of rotatable bonds is 4. The van der Waals surface area contributed by atoms with Crippen molar-refractivity contribution in [2.24, 2.45) is 5.73 Å². The average molecular weight is 254 g/mol. The molecule has 2 N–H and O–H groups in total. The molecule has 0 amide bonds. The Bertz CT molecular complexity index is 354. The van der Waals surface area contributed by atoms with E-state index in [1.165, 1.54) is 12.1 Å². The third-order valence-corrected chi connectivity index (χ3v) is 2.19. The third-order valence-electron chi connectivity index (χ3n) is 1.86. The lowest BCUT2D eigenvalue weighted by Crippen LogP contribution is -2.08. The molecule has 0 aliphatic heterocycles. The molecule has 0 spiro atoms. The molecule has 0 bridgehead atoms. The van der Waals surface area contributed by atoms with Crippen molar-refractivity contribution in [1.29, 1.82) is 0 Å². The lowest BCUT2D eigenvalue weighted by molar-refractivity contribution is -0.137. The Balaban J connectivity index is 2.82. The van der Waals surface area contributed by atoms with Crippen LogP contribution in [-0.2, 0) is 6.18 Å². The van der Waals surface area contributed by atoms with Crippen molar-refractivity contribution in [3.8, 4) is 5.75 Å². The molecule has 0 radical (unpaired) electrons. The molecule has 0 saturated heterocycles. The minimum absolute atomic E-state index is 0.144. The van der Waals surface area contributed by atoms with Crippen molar-refractivity contribution in [3.05, 3.63) is 28.8 Å². The molecule has 1 aromatic carbocycles. The van der Waals surface area contributed by atoms with Gasteiger partial charge in [0, 0.05) is 0 Å². The lowest BCUT2D eigenvalue weighted by Gasteiger charge is -2.11. The SMILES string of the molecule is NCCCOc1ccc(Cl)c(C(F)(F)F)c1. The molecule has 0 saturated carbocycles. The van der Waals surface area contributed by atoms with Crippen LogP contribution < -0.4 is 10.5 Å². The summed E-state index contributed by atoms with van der Waals surface area (Å²) in [6.45, 7) is 0.717. The Hall–Kier alpha value is -0.940. The predicted molar refractivity (Wildman–Crippen MR) is 55.6 cm³/mol. The highest BCUT2D eigenvalue weighted by molar-refractivity contribution is 6.31. The van der Waals surface area contributed by atoms with Gasteiger partial charge < -0.3 is 10.5 Å². The van der Waals surface area contributed by atoms with Crippen LogP contribution in [0.2, 0.25) is 5.02 Å². The van der Waals surface area contributed by atoms with E-state index in [4.69, 9.17) is 22.1 Å². The van der Waals surface area contributed by atoms with E-state index in [2.05, 4.69) is 0 Å². The van der Waals surface area contributed by atoms with Gasteiger partial charge in [-0.25, -0.2) is 0 Å². The first-order valence-corrected chi connectivity index (χ1v) is 5.02. The van der Waals surface area contributed by atoms with Gasteiger partial charge in [0.1, 0.15) is 5.75 Å². The van der Waals surface area contributed by atoms with Gasteiger partial charge in [-0.3, -0.25) is 0 Å². The minimum atomic E-state index is -4.47. The first kappa shape index (κ1) is 13.1. The maximum Gasteiger partial charge on any atom is 0.417 e. The zero-order chi connectivity index (χ0) is 12.2. The van der Waals surface area contributed by atoms with Gasteiger partial charge in [0.15, 0.2) is 0 Å². The van der Waals surface area contributed by atoms with Gasteiger partial charge in [-0.1, -0.05) is 11.6 Å². The molecule has 0 aliphatic carbocycles. The van der Waals surface area contributed by atoms with Crippen molar-refractivity contribution in [3.63, 3.8) is 0 Å². The predicted octanol–water partition coefficient (Wildman–Crippen LogP) is 3.09. The van der Waals surface area contributed by atoms with E-state index in [-0.39, 0.29) is 17.4 Å². The van der Waals surface area contributed by atoms with Gasteiger partial charge in [-0.2, -0.15) is 13.2 Å². The van der Waals surface area contributed by atoms with E-state index >= 15 is 0 Å². The second-order valence-electron chi connectivity index (χ2n) is 3.13. The van der Waals surface area contributed by atoms with Crippen LogP contribution in [0.4, 0.5) is 13.2 Å². The number of nitrogens with two attached hydrogens (primary N) is 1. The smallest absolute Gasteiger partial charge is 0.417 e. The van der Waals surface area contributed by atoms with Crippen LogP contribution in [0.25, 0.3) is 0 Å². The van der Waals surface area contributed by atoms with E-state index in [1.54, 1.807) is 0 Å². The standard InChI is InChI=1S/C10H11ClF3NO/c11-9-3-2-7(16-5-1-4-15)6-8(9)10(12,13)14/h2-3,6H,1,4-5,15H2. The molecule has 90 valence electrons. The van der Waals surface area contributed by atoms with E-state index in [0.29, 0.717) is 13.0 Å². The van der Waals surface area contributed by atoms with Gasteiger partial charge in [0.05, 0.1) is 17.2 Å². The number of ether oxygens (including phenoxy) is 1. The highest BCUT2D eigenvalue weighted by atomic mass is 35.5. The van der Waals surface area contributed by atoms with Gasteiger partial charge in [-0.15, -0.1) is 0 Å². The highest BCUT2D eigenvalue weighted by Gasteiger charge is 2.33. The molecule has 6 heteroatoms. The summed E-state index contributed by atoms with van der Waals surface area (Å²) in [6.07, 6.45) is -3.88. The minimum Gasteiger partial charge on any atom is -0.494 e. The second-order valence-corrected chi connectivity index (χ2v) is 3.54. The number of hydrogen-bond acceptors (Lipinski definition) is 2. The Morgan fingerprint density at radius 1 is 1.31 bits per heavy atom. The molecule has 1 rings (SSSR count). The molecule has 1 aromatic rings. The Kier molecular flexibility index (Phi) is 4.44. The quantitative estimate of drug-likeness (QED) is 0.837. The van der Waals surface area contributed by atoms with Crippen molar-refractivity contribution in [2.75, 3.05) is 13.2 Å². The zero-order valence-corrected chi connectivity index (χ0v) is 9.11. The molecule has 0 heterocycles. The monoisotopic (exact) mass is 253 g/mol. The Morgan fingerprint density at radius 2 is 2.00 bits per heavy atom. The molecular formula is C10H11ClF3NO. The third kappa shape index (κ3) is 3.57. The van der Waals surface area contributed by atoms with E-state index < -0.39 is 11.7 Å². The first-order chi connectivity index (χ1) is 7.45. The molecule has 16 heavy (non-hydrogen) atoms. The largest absolute Gasteiger partial charge is 0.494 e. The number of alkyl halides is 3. The van der Waals surface area contributed by atoms with Crippen molar-refractivity contribution in [2.45, 2.75) is 12.6 Å². The van der Waals surface area contributed by atoms with Crippen molar-refractivity contribution >= 4 is 11.6 Å². The van der Waals surface area contributed by atoms with E-state index in [0.717, 1.165) is 6.07 Å². The van der Waals surface area contributed by atoms with E-state index in [9.17, 15) is 13.2 Å². The average Bonchev–Trinajstić information content (AvgIpc) is 2.19. The fourth-order valence-electron chi connectivity index (χ4n) is 1.08.